The molecular formula is C17H27FN2. The van der Waals surface area contributed by atoms with Gasteiger partial charge in [0.05, 0.1) is 5.69 Å². The van der Waals surface area contributed by atoms with Crippen LogP contribution in [-0.4, -0.2) is 19.1 Å². The summed E-state index contributed by atoms with van der Waals surface area (Å²) in [6.45, 7) is 8.90. The van der Waals surface area contributed by atoms with E-state index in [1.165, 1.54) is 19.3 Å². The van der Waals surface area contributed by atoms with Gasteiger partial charge in [-0.15, -0.1) is 0 Å². The lowest BCUT2D eigenvalue weighted by Crippen LogP contribution is -2.33. The van der Waals surface area contributed by atoms with Crippen molar-refractivity contribution in [2.24, 2.45) is 5.92 Å². The van der Waals surface area contributed by atoms with Crippen LogP contribution >= 0.6 is 0 Å². The summed E-state index contributed by atoms with van der Waals surface area (Å²) in [6.07, 6.45) is 3.94. The quantitative estimate of drug-likeness (QED) is 0.812. The van der Waals surface area contributed by atoms with E-state index in [0.717, 1.165) is 36.8 Å². The summed E-state index contributed by atoms with van der Waals surface area (Å²) in [6, 6.07) is 6.07. The van der Waals surface area contributed by atoms with Crippen molar-refractivity contribution in [2.75, 3.05) is 18.0 Å². The Labute approximate surface area is 122 Å². The van der Waals surface area contributed by atoms with Gasteiger partial charge in [-0.1, -0.05) is 26.3 Å². The molecule has 0 bridgehead atoms. The highest BCUT2D eigenvalue weighted by Gasteiger charge is 2.21. The third kappa shape index (κ3) is 3.95. The summed E-state index contributed by atoms with van der Waals surface area (Å²) in [5, 5.41) is 3.32. The second-order valence-electron chi connectivity index (χ2n) is 6.16. The van der Waals surface area contributed by atoms with E-state index in [4.69, 9.17) is 0 Å². The van der Waals surface area contributed by atoms with Crippen molar-refractivity contribution < 1.29 is 4.39 Å². The molecule has 0 unspecified atom stereocenters. The molecule has 1 aliphatic carbocycles. The van der Waals surface area contributed by atoms with E-state index in [0.29, 0.717) is 6.04 Å². The van der Waals surface area contributed by atoms with E-state index < -0.39 is 0 Å². The first kappa shape index (κ1) is 15.3. The van der Waals surface area contributed by atoms with Gasteiger partial charge in [-0.2, -0.15) is 0 Å². The van der Waals surface area contributed by atoms with Crippen LogP contribution in [0.15, 0.2) is 18.2 Å². The minimum atomic E-state index is -0.0887. The zero-order valence-corrected chi connectivity index (χ0v) is 13.0. The van der Waals surface area contributed by atoms with Crippen molar-refractivity contribution in [1.82, 2.24) is 5.32 Å². The molecule has 1 saturated carbocycles. The van der Waals surface area contributed by atoms with Gasteiger partial charge in [0.1, 0.15) is 5.82 Å². The molecule has 112 valence electrons. The molecule has 0 heterocycles. The van der Waals surface area contributed by atoms with E-state index in [-0.39, 0.29) is 5.82 Å². The van der Waals surface area contributed by atoms with Gasteiger partial charge < -0.3 is 10.2 Å². The normalized spacial score (nSPS) is 15.4. The average Bonchev–Trinajstić information content (AvgIpc) is 2.36. The van der Waals surface area contributed by atoms with E-state index in [9.17, 15) is 4.39 Å². The molecule has 3 heteroatoms. The van der Waals surface area contributed by atoms with Crippen molar-refractivity contribution in [1.29, 1.82) is 0 Å². The van der Waals surface area contributed by atoms with Crippen LogP contribution in [0, 0.1) is 11.7 Å². The fourth-order valence-corrected chi connectivity index (χ4v) is 2.62. The number of hydrogen-bond donors (Lipinski definition) is 1. The first-order valence-corrected chi connectivity index (χ1v) is 7.87. The maximum atomic E-state index is 14.3. The number of nitrogens with one attached hydrogen (secondary N) is 1. The van der Waals surface area contributed by atoms with Gasteiger partial charge in [0, 0.05) is 25.7 Å². The van der Waals surface area contributed by atoms with Crippen LogP contribution in [0.1, 0.15) is 45.6 Å². The van der Waals surface area contributed by atoms with Gasteiger partial charge in [0.2, 0.25) is 0 Å². The van der Waals surface area contributed by atoms with E-state index in [1.807, 2.05) is 12.1 Å². The third-order valence-electron chi connectivity index (χ3n) is 4.15. The summed E-state index contributed by atoms with van der Waals surface area (Å²) >= 11 is 0. The van der Waals surface area contributed by atoms with Crippen molar-refractivity contribution >= 4 is 5.69 Å². The van der Waals surface area contributed by atoms with Gasteiger partial charge in [-0.25, -0.2) is 4.39 Å². The van der Waals surface area contributed by atoms with Crippen LogP contribution in [0.4, 0.5) is 10.1 Å². The molecule has 1 aromatic rings. The summed E-state index contributed by atoms with van der Waals surface area (Å²) in [7, 11) is 0. The largest absolute Gasteiger partial charge is 0.369 e. The van der Waals surface area contributed by atoms with Gasteiger partial charge >= 0.3 is 0 Å². The summed E-state index contributed by atoms with van der Waals surface area (Å²) in [4.78, 5) is 2.18. The molecule has 1 aliphatic rings. The molecule has 0 atom stereocenters. The molecule has 0 saturated heterocycles. The van der Waals surface area contributed by atoms with Crippen molar-refractivity contribution in [2.45, 2.75) is 52.6 Å². The average molecular weight is 278 g/mol. The molecule has 0 aliphatic heterocycles. The SMILES string of the molecule is CCN(CC1CCC1)c1ccc(CNC(C)C)cc1F. The van der Waals surface area contributed by atoms with Crippen molar-refractivity contribution in [3.05, 3.63) is 29.6 Å². The Kier molecular flexibility index (Phi) is 5.41. The molecule has 2 nitrogen and oxygen atoms in total. The van der Waals surface area contributed by atoms with E-state index in [2.05, 4.69) is 31.0 Å². The first-order chi connectivity index (χ1) is 9.60. The highest BCUT2D eigenvalue weighted by atomic mass is 19.1. The topological polar surface area (TPSA) is 15.3 Å². The molecule has 0 aromatic heterocycles. The Morgan fingerprint density at radius 2 is 2.10 bits per heavy atom. The van der Waals surface area contributed by atoms with Gasteiger partial charge in [0.25, 0.3) is 0 Å². The number of hydrogen-bond acceptors (Lipinski definition) is 2. The third-order valence-corrected chi connectivity index (χ3v) is 4.15. The van der Waals surface area contributed by atoms with Crippen molar-refractivity contribution in [3.63, 3.8) is 0 Å². The molecule has 20 heavy (non-hydrogen) atoms. The molecule has 0 radical (unpaired) electrons. The fourth-order valence-electron chi connectivity index (χ4n) is 2.62. The summed E-state index contributed by atoms with van der Waals surface area (Å²) in [5.74, 6) is 0.672. The van der Waals surface area contributed by atoms with Gasteiger partial charge in [-0.3, -0.25) is 0 Å². The molecule has 2 rings (SSSR count). The molecule has 0 spiro atoms. The van der Waals surface area contributed by atoms with Gasteiger partial charge in [0.15, 0.2) is 0 Å². The predicted octanol–water partition coefficient (Wildman–Crippen LogP) is 3.95. The fraction of sp³-hybridized carbons (Fsp3) is 0.647. The van der Waals surface area contributed by atoms with Gasteiger partial charge in [-0.05, 0) is 43.4 Å². The Morgan fingerprint density at radius 3 is 2.60 bits per heavy atom. The lowest BCUT2D eigenvalue weighted by molar-refractivity contribution is 0.318. The number of benzene rings is 1. The van der Waals surface area contributed by atoms with Crippen LogP contribution in [0.3, 0.4) is 0 Å². The molecular weight excluding hydrogens is 251 g/mol. The number of halogens is 1. The highest BCUT2D eigenvalue weighted by molar-refractivity contribution is 5.49. The Morgan fingerprint density at radius 1 is 1.35 bits per heavy atom. The van der Waals surface area contributed by atoms with E-state index >= 15 is 0 Å². The highest BCUT2D eigenvalue weighted by Crippen LogP contribution is 2.30. The Hall–Kier alpha value is -1.09. The summed E-state index contributed by atoms with van der Waals surface area (Å²) in [5.41, 5.74) is 1.77. The molecule has 1 N–H and O–H groups in total. The molecule has 0 amide bonds. The van der Waals surface area contributed by atoms with Crippen LogP contribution in [-0.2, 0) is 6.54 Å². The number of rotatable bonds is 7. The second-order valence-corrected chi connectivity index (χ2v) is 6.16. The maximum Gasteiger partial charge on any atom is 0.146 e. The summed E-state index contributed by atoms with van der Waals surface area (Å²) < 4.78 is 14.3. The number of anilines is 1. The van der Waals surface area contributed by atoms with E-state index in [1.54, 1.807) is 6.07 Å². The monoisotopic (exact) mass is 278 g/mol. The van der Waals surface area contributed by atoms with Crippen molar-refractivity contribution in [3.8, 4) is 0 Å². The zero-order chi connectivity index (χ0) is 14.5. The second kappa shape index (κ2) is 7.07. The maximum absolute atomic E-state index is 14.3. The standard InChI is InChI=1S/C17H27FN2/c1-4-20(12-14-6-5-7-14)17-9-8-15(10-16(17)18)11-19-13(2)3/h8-10,13-14,19H,4-7,11-12H2,1-3H3. The van der Waals surface area contributed by atoms with Crippen LogP contribution in [0.25, 0.3) is 0 Å². The Bertz CT molecular complexity index is 427. The zero-order valence-electron chi connectivity index (χ0n) is 13.0. The lowest BCUT2D eigenvalue weighted by Gasteiger charge is -2.33. The Balaban J connectivity index is 2.02. The van der Waals surface area contributed by atoms with Crippen LogP contribution in [0.2, 0.25) is 0 Å². The smallest absolute Gasteiger partial charge is 0.146 e. The minimum Gasteiger partial charge on any atom is -0.369 e. The molecule has 1 fully saturated rings. The lowest BCUT2D eigenvalue weighted by atomic mass is 9.85. The molecule has 1 aromatic carbocycles. The number of nitrogens with zero attached hydrogens (tertiary/aromatic N) is 1. The van der Waals surface area contributed by atoms with Crippen LogP contribution in [0.5, 0.6) is 0 Å². The minimum absolute atomic E-state index is 0.0887. The van der Waals surface area contributed by atoms with Crippen LogP contribution < -0.4 is 10.2 Å². The first-order valence-electron chi connectivity index (χ1n) is 7.87. The predicted molar refractivity (Wildman–Crippen MR) is 83.6 cm³/mol.